The monoisotopic (exact) mass is 339 g/mol. The molecular formula is C16H25N3O3S. The average Bonchev–Trinajstić information content (AvgIpc) is 2.49. The largest absolute Gasteiger partial charge is 0.325 e. The van der Waals surface area contributed by atoms with E-state index in [4.69, 9.17) is 0 Å². The number of amides is 1. The molecule has 1 amide bonds. The van der Waals surface area contributed by atoms with Crippen molar-refractivity contribution in [1.82, 2.24) is 9.21 Å². The van der Waals surface area contributed by atoms with Gasteiger partial charge >= 0.3 is 0 Å². The fraction of sp³-hybridized carbons (Fsp3) is 0.562. The molecule has 1 aromatic rings. The van der Waals surface area contributed by atoms with Gasteiger partial charge in [0.05, 0.1) is 12.8 Å². The molecule has 0 aliphatic carbocycles. The van der Waals surface area contributed by atoms with E-state index in [-0.39, 0.29) is 11.9 Å². The zero-order valence-corrected chi connectivity index (χ0v) is 14.8. The fourth-order valence-corrected chi connectivity index (χ4v) is 3.50. The summed E-state index contributed by atoms with van der Waals surface area (Å²) in [5.41, 5.74) is 1.95. The summed E-state index contributed by atoms with van der Waals surface area (Å²) in [6.07, 6.45) is 2.73. The molecule has 1 aliphatic rings. The van der Waals surface area contributed by atoms with Crippen LogP contribution in [-0.2, 0) is 14.8 Å². The highest BCUT2D eigenvalue weighted by atomic mass is 32.2. The molecular weight excluding hydrogens is 314 g/mol. The molecule has 1 saturated heterocycles. The predicted octanol–water partition coefficient (Wildman–Crippen LogP) is 1.29. The Kier molecular flexibility index (Phi) is 5.78. The molecule has 2 rings (SSSR count). The van der Waals surface area contributed by atoms with E-state index in [2.05, 4.69) is 10.2 Å². The lowest BCUT2D eigenvalue weighted by Gasteiger charge is -2.35. The van der Waals surface area contributed by atoms with Crippen molar-refractivity contribution in [2.45, 2.75) is 25.8 Å². The van der Waals surface area contributed by atoms with Gasteiger partial charge in [-0.15, -0.1) is 0 Å². The molecule has 1 aliphatic heterocycles. The van der Waals surface area contributed by atoms with Gasteiger partial charge in [0.25, 0.3) is 0 Å². The Morgan fingerprint density at radius 1 is 1.26 bits per heavy atom. The third-order valence-electron chi connectivity index (χ3n) is 4.30. The molecule has 0 unspecified atom stereocenters. The Morgan fingerprint density at radius 3 is 2.35 bits per heavy atom. The lowest BCUT2D eigenvalue weighted by atomic mass is 10.1. The fourth-order valence-electron chi connectivity index (χ4n) is 2.75. The SMILES string of the molecule is Cc1ccc(NC(=O)CN2CCC(N(C)S(C)(=O)=O)CC2)cc1. The van der Waals surface area contributed by atoms with Crippen LogP contribution in [0, 0.1) is 6.92 Å². The number of rotatable bonds is 5. The minimum atomic E-state index is -3.15. The number of likely N-dealkylation sites (tertiary alicyclic amines) is 1. The van der Waals surface area contributed by atoms with E-state index >= 15 is 0 Å². The number of hydrogen-bond donors (Lipinski definition) is 1. The second-order valence-corrected chi connectivity index (χ2v) is 8.24. The van der Waals surface area contributed by atoms with Crippen molar-refractivity contribution in [1.29, 1.82) is 0 Å². The average molecular weight is 339 g/mol. The highest BCUT2D eigenvalue weighted by Gasteiger charge is 2.27. The molecule has 0 saturated carbocycles. The molecule has 0 spiro atoms. The van der Waals surface area contributed by atoms with Crippen molar-refractivity contribution in [3.05, 3.63) is 29.8 Å². The number of sulfonamides is 1. The van der Waals surface area contributed by atoms with Crippen LogP contribution in [0.1, 0.15) is 18.4 Å². The highest BCUT2D eigenvalue weighted by Crippen LogP contribution is 2.17. The smallest absolute Gasteiger partial charge is 0.238 e. The summed E-state index contributed by atoms with van der Waals surface area (Å²) >= 11 is 0. The van der Waals surface area contributed by atoms with Gasteiger partial charge in [-0.2, -0.15) is 0 Å². The summed E-state index contributed by atoms with van der Waals surface area (Å²) in [4.78, 5) is 14.1. The van der Waals surface area contributed by atoms with Crippen LogP contribution in [0.3, 0.4) is 0 Å². The number of nitrogens with zero attached hydrogens (tertiary/aromatic N) is 2. The number of aryl methyl sites for hydroxylation is 1. The molecule has 1 fully saturated rings. The molecule has 1 N–H and O–H groups in total. The van der Waals surface area contributed by atoms with Gasteiger partial charge in [-0.3, -0.25) is 9.69 Å². The lowest BCUT2D eigenvalue weighted by molar-refractivity contribution is -0.117. The second-order valence-electron chi connectivity index (χ2n) is 6.20. The van der Waals surface area contributed by atoms with Crippen LogP contribution in [-0.4, -0.2) is 62.5 Å². The van der Waals surface area contributed by atoms with Crippen molar-refractivity contribution in [3.8, 4) is 0 Å². The van der Waals surface area contributed by atoms with Gasteiger partial charge in [0.2, 0.25) is 15.9 Å². The zero-order chi connectivity index (χ0) is 17.0. The van der Waals surface area contributed by atoms with Gasteiger partial charge in [-0.25, -0.2) is 12.7 Å². The quantitative estimate of drug-likeness (QED) is 0.878. The van der Waals surface area contributed by atoms with Crippen LogP contribution in [0.15, 0.2) is 24.3 Å². The number of piperidine rings is 1. The summed E-state index contributed by atoms with van der Waals surface area (Å²) in [6, 6.07) is 7.73. The van der Waals surface area contributed by atoms with Crippen LogP contribution in [0.25, 0.3) is 0 Å². The van der Waals surface area contributed by atoms with Crippen molar-refractivity contribution in [3.63, 3.8) is 0 Å². The minimum Gasteiger partial charge on any atom is -0.325 e. The standard InChI is InChI=1S/C16H25N3O3S/c1-13-4-6-14(7-5-13)17-16(20)12-19-10-8-15(9-11-19)18(2)23(3,21)22/h4-7,15H,8-12H2,1-3H3,(H,17,20). The Balaban J connectivity index is 1.80. The van der Waals surface area contributed by atoms with E-state index < -0.39 is 10.0 Å². The van der Waals surface area contributed by atoms with Crippen LogP contribution in [0.4, 0.5) is 5.69 Å². The van der Waals surface area contributed by atoms with E-state index in [1.807, 2.05) is 31.2 Å². The molecule has 0 aromatic heterocycles. The van der Waals surface area contributed by atoms with Crippen LogP contribution in [0.5, 0.6) is 0 Å². The normalized spacial score (nSPS) is 17.4. The van der Waals surface area contributed by atoms with Gasteiger partial charge in [0, 0.05) is 31.9 Å². The van der Waals surface area contributed by atoms with E-state index in [0.717, 1.165) is 37.2 Å². The summed E-state index contributed by atoms with van der Waals surface area (Å²) < 4.78 is 24.6. The number of anilines is 1. The molecule has 128 valence electrons. The lowest BCUT2D eigenvalue weighted by Crippen LogP contribution is -2.47. The van der Waals surface area contributed by atoms with Crippen molar-refractivity contribution in [2.24, 2.45) is 0 Å². The Bertz CT molecular complexity index is 635. The number of benzene rings is 1. The van der Waals surface area contributed by atoms with E-state index in [1.54, 1.807) is 7.05 Å². The number of nitrogens with one attached hydrogen (secondary N) is 1. The first-order chi connectivity index (χ1) is 10.8. The molecule has 7 heteroatoms. The van der Waals surface area contributed by atoms with Crippen molar-refractivity contribution in [2.75, 3.05) is 38.3 Å². The first-order valence-corrected chi connectivity index (χ1v) is 9.62. The van der Waals surface area contributed by atoms with Crippen LogP contribution >= 0.6 is 0 Å². The van der Waals surface area contributed by atoms with Gasteiger partial charge in [0.15, 0.2) is 0 Å². The molecule has 23 heavy (non-hydrogen) atoms. The van der Waals surface area contributed by atoms with Gasteiger partial charge in [-0.1, -0.05) is 17.7 Å². The van der Waals surface area contributed by atoms with Gasteiger partial charge in [-0.05, 0) is 31.9 Å². The number of carbonyl (C=O) groups excluding carboxylic acids is 1. The summed E-state index contributed by atoms with van der Waals surface area (Å²) in [5, 5.41) is 2.89. The van der Waals surface area contributed by atoms with E-state index in [9.17, 15) is 13.2 Å². The maximum atomic E-state index is 12.1. The molecule has 0 radical (unpaired) electrons. The van der Waals surface area contributed by atoms with E-state index in [1.165, 1.54) is 10.6 Å². The third-order valence-corrected chi connectivity index (χ3v) is 5.64. The van der Waals surface area contributed by atoms with Gasteiger partial charge in [0.1, 0.15) is 0 Å². The number of hydrogen-bond acceptors (Lipinski definition) is 4. The molecule has 0 atom stereocenters. The topological polar surface area (TPSA) is 69.7 Å². The maximum Gasteiger partial charge on any atom is 0.238 e. The molecule has 1 aromatic carbocycles. The third kappa shape index (κ3) is 5.30. The Labute approximate surface area is 138 Å². The maximum absolute atomic E-state index is 12.1. The van der Waals surface area contributed by atoms with Crippen LogP contribution < -0.4 is 5.32 Å². The number of carbonyl (C=O) groups is 1. The predicted molar refractivity (Wildman–Crippen MR) is 91.9 cm³/mol. The van der Waals surface area contributed by atoms with Gasteiger partial charge < -0.3 is 5.32 Å². The van der Waals surface area contributed by atoms with Crippen molar-refractivity contribution >= 4 is 21.6 Å². The molecule has 0 bridgehead atoms. The summed E-state index contributed by atoms with van der Waals surface area (Å²) in [7, 11) is -1.53. The first-order valence-electron chi connectivity index (χ1n) is 7.77. The van der Waals surface area contributed by atoms with Crippen LogP contribution in [0.2, 0.25) is 0 Å². The summed E-state index contributed by atoms with van der Waals surface area (Å²) in [6.45, 7) is 3.80. The minimum absolute atomic E-state index is 0.0291. The molecule has 1 heterocycles. The summed E-state index contributed by atoms with van der Waals surface area (Å²) in [5.74, 6) is -0.0382. The first kappa shape index (κ1) is 17.9. The Morgan fingerprint density at radius 2 is 1.83 bits per heavy atom. The molecule has 6 nitrogen and oxygen atoms in total. The van der Waals surface area contributed by atoms with E-state index in [0.29, 0.717) is 6.54 Å². The highest BCUT2D eigenvalue weighted by molar-refractivity contribution is 7.88. The van der Waals surface area contributed by atoms with Crippen molar-refractivity contribution < 1.29 is 13.2 Å². The second kappa shape index (κ2) is 7.42. The Hall–Kier alpha value is -1.44. The zero-order valence-electron chi connectivity index (χ0n) is 13.9.